The van der Waals surface area contributed by atoms with Crippen LogP contribution >= 0.6 is 11.6 Å². The van der Waals surface area contributed by atoms with Crippen LogP contribution in [0.25, 0.3) is 22.3 Å². The maximum atomic E-state index is 14.2. The number of hydrogen-bond acceptors (Lipinski definition) is 5. The number of alkyl halides is 2. The number of pyridine rings is 1. The van der Waals surface area contributed by atoms with Gasteiger partial charge < -0.3 is 10.1 Å². The molecule has 2 heterocycles. The fourth-order valence-corrected chi connectivity index (χ4v) is 4.19. The number of rotatable bonds is 7. The van der Waals surface area contributed by atoms with Crippen molar-refractivity contribution >= 4 is 36.3 Å². The number of aromatic nitrogens is 4. The van der Waals surface area contributed by atoms with Crippen LogP contribution in [-0.4, -0.2) is 39.9 Å². The molecule has 4 rings (SSSR count). The first-order valence-electron chi connectivity index (χ1n) is 10.7. The van der Waals surface area contributed by atoms with Gasteiger partial charge in [0, 0.05) is 34.7 Å². The van der Waals surface area contributed by atoms with Gasteiger partial charge in [-0.25, -0.2) is 19.0 Å². The van der Waals surface area contributed by atoms with Crippen molar-refractivity contribution in [3.05, 3.63) is 70.4 Å². The van der Waals surface area contributed by atoms with Crippen LogP contribution in [0.1, 0.15) is 23.7 Å². The van der Waals surface area contributed by atoms with Crippen LogP contribution in [0, 0.1) is 12.7 Å². The maximum Gasteiger partial charge on any atom is 0.315 e. The number of halogens is 4. The van der Waals surface area contributed by atoms with Gasteiger partial charge in [-0.05, 0) is 43.7 Å². The van der Waals surface area contributed by atoms with Crippen molar-refractivity contribution in [3.63, 3.8) is 0 Å². The first-order valence-corrected chi connectivity index (χ1v) is 11.1. The first kappa shape index (κ1) is 25.5. The van der Waals surface area contributed by atoms with Crippen molar-refractivity contribution in [1.29, 1.82) is 0 Å². The summed E-state index contributed by atoms with van der Waals surface area (Å²) in [6.45, 7) is 2.88. The quantitative estimate of drug-likeness (QED) is 0.370. The molecule has 0 fully saturated rings. The molecule has 0 saturated carbocycles. The molecule has 0 saturated heterocycles. The largest absolute Gasteiger partial charge is 0.487 e. The highest BCUT2D eigenvalue weighted by molar-refractivity contribution is 6.31. The summed E-state index contributed by atoms with van der Waals surface area (Å²) in [5.74, 6) is -1.32. The zero-order valence-electron chi connectivity index (χ0n) is 19.5. The van der Waals surface area contributed by atoms with Crippen LogP contribution in [0.4, 0.5) is 13.2 Å². The molecule has 7 nitrogen and oxygen atoms in total. The lowest BCUT2D eigenvalue weighted by Gasteiger charge is -2.30. The fraction of sp³-hybridized carbons (Fsp3) is 0.250. The van der Waals surface area contributed by atoms with Crippen molar-refractivity contribution in [2.75, 3.05) is 0 Å². The molecular weight excluding hydrogens is 494 g/mol. The number of carbonyl (C=O) groups is 1. The molecule has 2 aromatic heterocycles. The number of aryl methyl sites for hydroxylation is 2. The molecule has 4 aromatic rings. The van der Waals surface area contributed by atoms with Gasteiger partial charge in [0.05, 0.1) is 5.02 Å². The van der Waals surface area contributed by atoms with Crippen LogP contribution in [0.15, 0.2) is 42.7 Å². The summed E-state index contributed by atoms with van der Waals surface area (Å²) in [5.41, 5.74) is 0.399. The third-order valence-electron chi connectivity index (χ3n) is 5.56. The second-order valence-electron chi connectivity index (χ2n) is 8.37. The second-order valence-corrected chi connectivity index (χ2v) is 8.77. The molecule has 36 heavy (non-hydrogen) atoms. The third kappa shape index (κ3) is 5.01. The standard InChI is InChI=1S/C24H20BClF3N5O2/c1-12-7-15(22-30-11-31-34(22)3)14-5-4-6-19(20(14)32-12)36-10-16-17(8-13(27)9-18(16)26)24(2,25)33-23(35)21(28)29/h4-9,11,21H,10H2,1-3H3,(H,33,35)/t24-/m0/s1. The summed E-state index contributed by atoms with van der Waals surface area (Å²) < 4.78 is 47.5. The van der Waals surface area contributed by atoms with Crippen LogP contribution in [-0.2, 0) is 23.9 Å². The highest BCUT2D eigenvalue weighted by atomic mass is 35.5. The van der Waals surface area contributed by atoms with Gasteiger partial charge >= 0.3 is 6.43 Å². The number of para-hydroxylation sites is 1. The fourth-order valence-electron chi connectivity index (χ4n) is 3.93. The summed E-state index contributed by atoms with van der Waals surface area (Å²) in [7, 11) is 7.89. The van der Waals surface area contributed by atoms with Gasteiger partial charge in [-0.1, -0.05) is 23.7 Å². The lowest BCUT2D eigenvalue weighted by molar-refractivity contribution is -0.132. The molecule has 2 radical (unpaired) electrons. The number of benzene rings is 2. The topological polar surface area (TPSA) is 81.9 Å². The Hall–Kier alpha value is -3.60. The number of carbonyl (C=O) groups excluding carboxylic acids is 1. The molecule has 12 heteroatoms. The minimum atomic E-state index is -3.30. The molecule has 0 unspecified atom stereocenters. The number of nitrogens with zero attached hydrogens (tertiary/aromatic N) is 4. The van der Waals surface area contributed by atoms with E-state index in [1.54, 1.807) is 23.9 Å². The Morgan fingerprint density at radius 3 is 2.72 bits per heavy atom. The molecule has 0 aliphatic heterocycles. The molecule has 0 bridgehead atoms. The Morgan fingerprint density at radius 2 is 2.06 bits per heavy atom. The van der Waals surface area contributed by atoms with E-state index in [1.807, 2.05) is 24.4 Å². The molecule has 2 aromatic carbocycles. The minimum absolute atomic E-state index is 0.00866. The second kappa shape index (κ2) is 9.81. The SMILES string of the molecule is [B][C@@](C)(NC(=O)C(F)F)c1cc(F)cc(Cl)c1COc1cccc2c(-c3ncnn3C)cc(C)nc12. The van der Waals surface area contributed by atoms with E-state index < -0.39 is 23.6 Å². The number of fused-ring (bicyclic) bond motifs is 1. The van der Waals surface area contributed by atoms with Gasteiger partial charge in [-0.15, -0.1) is 0 Å². The van der Waals surface area contributed by atoms with Crippen molar-refractivity contribution in [2.24, 2.45) is 7.05 Å². The third-order valence-corrected chi connectivity index (χ3v) is 5.89. The van der Waals surface area contributed by atoms with Crippen LogP contribution in [0.2, 0.25) is 5.02 Å². The monoisotopic (exact) mass is 513 g/mol. The Bertz CT molecular complexity index is 1460. The predicted molar refractivity (Wildman–Crippen MR) is 129 cm³/mol. The van der Waals surface area contributed by atoms with E-state index in [0.29, 0.717) is 22.8 Å². The smallest absolute Gasteiger partial charge is 0.315 e. The molecule has 0 aliphatic rings. The maximum absolute atomic E-state index is 14.2. The van der Waals surface area contributed by atoms with Gasteiger partial charge in [0.15, 0.2) is 5.82 Å². The number of amides is 1. The van der Waals surface area contributed by atoms with Crippen molar-refractivity contribution in [3.8, 4) is 17.1 Å². The average Bonchev–Trinajstić information content (AvgIpc) is 3.22. The highest BCUT2D eigenvalue weighted by Gasteiger charge is 2.30. The van der Waals surface area contributed by atoms with Gasteiger partial charge in [-0.3, -0.25) is 4.79 Å². The van der Waals surface area contributed by atoms with E-state index in [1.165, 1.54) is 13.3 Å². The molecule has 1 amide bonds. The van der Waals surface area contributed by atoms with Crippen molar-refractivity contribution < 1.29 is 22.7 Å². The summed E-state index contributed by atoms with van der Waals surface area (Å²) in [4.78, 5) is 20.5. The van der Waals surface area contributed by atoms with Gasteiger partial charge in [0.25, 0.3) is 5.91 Å². The molecule has 1 N–H and O–H groups in total. The minimum Gasteiger partial charge on any atom is -0.487 e. The molecule has 1 atom stereocenters. The molecule has 184 valence electrons. The number of ether oxygens (including phenoxy) is 1. The molecule has 0 spiro atoms. The van der Waals surface area contributed by atoms with Crippen molar-refractivity contribution in [2.45, 2.75) is 32.3 Å². The Kier molecular flexibility index (Phi) is 6.95. The Balaban J connectivity index is 1.74. The molecular formula is C24H20BClF3N5O2. The van der Waals surface area contributed by atoms with Crippen LogP contribution in [0.3, 0.4) is 0 Å². The summed E-state index contributed by atoms with van der Waals surface area (Å²) in [5, 5.41) is 6.85. The zero-order valence-corrected chi connectivity index (χ0v) is 20.3. The summed E-state index contributed by atoms with van der Waals surface area (Å²) >= 11 is 6.29. The van der Waals surface area contributed by atoms with E-state index in [4.69, 9.17) is 24.2 Å². The van der Waals surface area contributed by atoms with Gasteiger partial charge in [0.1, 0.15) is 37.9 Å². The number of nitrogens with one attached hydrogen (secondary N) is 1. The van der Waals surface area contributed by atoms with E-state index >= 15 is 0 Å². The zero-order chi connectivity index (χ0) is 26.2. The van der Waals surface area contributed by atoms with E-state index in [-0.39, 0.29) is 22.8 Å². The lowest BCUT2D eigenvalue weighted by Crippen LogP contribution is -2.47. The summed E-state index contributed by atoms with van der Waals surface area (Å²) in [6.07, 6.45) is -1.85. The van der Waals surface area contributed by atoms with E-state index in [0.717, 1.165) is 23.1 Å². The average molecular weight is 514 g/mol. The van der Waals surface area contributed by atoms with E-state index in [9.17, 15) is 18.0 Å². The van der Waals surface area contributed by atoms with Crippen LogP contribution < -0.4 is 10.1 Å². The first-order chi connectivity index (χ1) is 17.0. The Labute approximate surface area is 211 Å². The number of hydrogen-bond donors (Lipinski definition) is 1. The highest BCUT2D eigenvalue weighted by Crippen LogP contribution is 2.34. The summed E-state index contributed by atoms with van der Waals surface area (Å²) in [6, 6.07) is 9.30. The lowest BCUT2D eigenvalue weighted by atomic mass is 9.72. The normalized spacial score (nSPS) is 13.1. The Morgan fingerprint density at radius 1 is 1.31 bits per heavy atom. The van der Waals surface area contributed by atoms with Crippen molar-refractivity contribution in [1.82, 2.24) is 25.1 Å². The van der Waals surface area contributed by atoms with Crippen LogP contribution in [0.5, 0.6) is 5.75 Å². The van der Waals surface area contributed by atoms with E-state index in [2.05, 4.69) is 15.1 Å². The van der Waals surface area contributed by atoms with Gasteiger partial charge in [0.2, 0.25) is 0 Å². The predicted octanol–water partition coefficient (Wildman–Crippen LogP) is 4.43. The molecule has 0 aliphatic carbocycles. The van der Waals surface area contributed by atoms with Gasteiger partial charge in [-0.2, -0.15) is 13.9 Å².